The lowest BCUT2D eigenvalue weighted by molar-refractivity contribution is -0.144. The number of amidine groups is 1. The Labute approximate surface area is 202 Å². The van der Waals surface area contributed by atoms with Gasteiger partial charge < -0.3 is 16.5 Å². The summed E-state index contributed by atoms with van der Waals surface area (Å²) < 4.78 is 65.8. The van der Waals surface area contributed by atoms with Crippen LogP contribution in [0.3, 0.4) is 0 Å². The highest BCUT2D eigenvalue weighted by atomic mass is 19.4. The molecule has 8 nitrogen and oxygen atoms in total. The van der Waals surface area contributed by atoms with E-state index in [4.69, 9.17) is 16.9 Å². The van der Waals surface area contributed by atoms with Crippen LogP contribution in [0.25, 0.3) is 11.1 Å². The Hall–Kier alpha value is -4.42. The summed E-state index contributed by atoms with van der Waals surface area (Å²) in [6, 6.07) is 4.58. The number of halogens is 5. The van der Waals surface area contributed by atoms with Crippen molar-refractivity contribution in [2.45, 2.75) is 25.4 Å². The van der Waals surface area contributed by atoms with Gasteiger partial charge in [0.2, 0.25) is 5.82 Å². The van der Waals surface area contributed by atoms with E-state index in [0.717, 1.165) is 24.8 Å². The lowest BCUT2D eigenvalue weighted by Gasteiger charge is -2.14. The van der Waals surface area contributed by atoms with Gasteiger partial charge in [0.15, 0.2) is 5.82 Å². The van der Waals surface area contributed by atoms with Gasteiger partial charge in [0.05, 0.1) is 11.4 Å². The van der Waals surface area contributed by atoms with Gasteiger partial charge in [0.1, 0.15) is 18.0 Å². The predicted molar refractivity (Wildman–Crippen MR) is 126 cm³/mol. The molecule has 0 saturated carbocycles. The monoisotopic (exact) mass is 504 g/mol. The van der Waals surface area contributed by atoms with Gasteiger partial charge in [0, 0.05) is 47.4 Å². The molecule has 1 unspecified atom stereocenters. The minimum absolute atomic E-state index is 0.0947. The third kappa shape index (κ3) is 5.79. The molecule has 2 heterocycles. The minimum Gasteiger partial charge on any atom is -0.404 e. The molecule has 2 aromatic heterocycles. The van der Waals surface area contributed by atoms with Gasteiger partial charge in [-0.15, -0.1) is 0 Å². The van der Waals surface area contributed by atoms with Crippen molar-refractivity contribution in [2.24, 2.45) is 21.5 Å². The number of rotatable bonds is 8. The number of aromatic nitrogens is 3. The lowest BCUT2D eigenvalue weighted by atomic mass is 9.93. The Morgan fingerprint density at radius 3 is 2.44 bits per heavy atom. The molecule has 36 heavy (non-hydrogen) atoms. The summed E-state index contributed by atoms with van der Waals surface area (Å²) in [4.78, 5) is 17.6. The molecule has 13 heteroatoms. The molecule has 3 rings (SSSR count). The third-order valence-corrected chi connectivity index (χ3v) is 5.16. The number of nitrogens with two attached hydrogens (primary N) is 2. The molecular weight excluding hydrogens is 483 g/mol. The first-order valence-electron chi connectivity index (χ1n) is 10.4. The van der Waals surface area contributed by atoms with E-state index in [1.54, 1.807) is 6.07 Å². The van der Waals surface area contributed by atoms with E-state index in [2.05, 4.69) is 24.9 Å². The summed E-state index contributed by atoms with van der Waals surface area (Å²) in [5.41, 5.74) is 13.5. The van der Waals surface area contributed by atoms with Gasteiger partial charge in [-0.1, -0.05) is 6.92 Å². The number of H-pyrrole nitrogens is 1. The van der Waals surface area contributed by atoms with Crippen LogP contribution < -0.4 is 11.5 Å². The number of hydrogen-bond donors (Lipinski definition) is 4. The van der Waals surface area contributed by atoms with Gasteiger partial charge >= 0.3 is 6.18 Å². The fraction of sp³-hybridized carbons (Fsp3) is 0.174. The summed E-state index contributed by atoms with van der Waals surface area (Å²) in [6.45, 7) is 1.84. The van der Waals surface area contributed by atoms with E-state index in [1.807, 2.05) is 6.92 Å². The molecule has 0 aliphatic heterocycles. The van der Waals surface area contributed by atoms with Crippen LogP contribution in [-0.2, 0) is 6.18 Å². The van der Waals surface area contributed by atoms with Gasteiger partial charge in [-0.25, -0.2) is 23.7 Å². The zero-order valence-corrected chi connectivity index (χ0v) is 18.8. The fourth-order valence-electron chi connectivity index (χ4n) is 3.45. The van der Waals surface area contributed by atoms with Crippen LogP contribution in [0.2, 0.25) is 0 Å². The first-order valence-corrected chi connectivity index (χ1v) is 10.4. The van der Waals surface area contributed by atoms with Crippen molar-refractivity contribution >= 4 is 24.1 Å². The van der Waals surface area contributed by atoms with Gasteiger partial charge in [0.25, 0.3) is 0 Å². The SMILES string of the molecule is CCC(C(C=Nc1ccc(F)cc1F)=CN)c1cc(-c2cnc(C(F)(F)F)nc2)c(C(N)=NC=N)[nH]1. The molecular formula is C23H21F5N8. The largest absolute Gasteiger partial charge is 0.451 e. The van der Waals surface area contributed by atoms with Crippen molar-refractivity contribution in [1.29, 1.82) is 5.41 Å². The topological polar surface area (TPSA) is 142 Å². The Balaban J connectivity index is 2.04. The first-order chi connectivity index (χ1) is 17.1. The van der Waals surface area contributed by atoms with E-state index in [0.29, 0.717) is 29.3 Å². The van der Waals surface area contributed by atoms with Gasteiger partial charge in [-0.2, -0.15) is 13.2 Å². The average Bonchev–Trinajstić information content (AvgIpc) is 3.27. The summed E-state index contributed by atoms with van der Waals surface area (Å²) in [7, 11) is 0. The highest BCUT2D eigenvalue weighted by Gasteiger charge is 2.34. The van der Waals surface area contributed by atoms with Crippen molar-refractivity contribution in [3.8, 4) is 11.1 Å². The van der Waals surface area contributed by atoms with Gasteiger partial charge in [-0.3, -0.25) is 10.4 Å². The smallest absolute Gasteiger partial charge is 0.404 e. The van der Waals surface area contributed by atoms with Crippen LogP contribution in [0.15, 0.2) is 58.4 Å². The molecule has 1 atom stereocenters. The fourth-order valence-corrected chi connectivity index (χ4v) is 3.45. The summed E-state index contributed by atoms with van der Waals surface area (Å²) in [5, 5.41) is 7.19. The van der Waals surface area contributed by atoms with E-state index in [1.165, 1.54) is 18.5 Å². The maximum Gasteiger partial charge on any atom is 0.451 e. The summed E-state index contributed by atoms with van der Waals surface area (Å²) >= 11 is 0. The van der Waals surface area contributed by atoms with Crippen LogP contribution in [-0.4, -0.2) is 33.3 Å². The molecule has 0 aliphatic carbocycles. The number of hydrogen-bond acceptors (Lipinski definition) is 5. The van der Waals surface area contributed by atoms with Crippen LogP contribution in [0.1, 0.15) is 36.5 Å². The molecule has 0 aliphatic rings. The second-order valence-electron chi connectivity index (χ2n) is 7.43. The van der Waals surface area contributed by atoms with Crippen molar-refractivity contribution in [2.75, 3.05) is 0 Å². The normalized spacial score (nSPS) is 13.8. The molecule has 0 bridgehead atoms. The quantitative estimate of drug-likeness (QED) is 0.198. The second kappa shape index (κ2) is 10.9. The molecule has 0 amide bonds. The minimum atomic E-state index is -4.71. The Morgan fingerprint density at radius 1 is 1.19 bits per heavy atom. The van der Waals surface area contributed by atoms with Crippen LogP contribution in [0, 0.1) is 17.0 Å². The van der Waals surface area contributed by atoms with E-state index in [-0.39, 0.29) is 22.8 Å². The number of benzene rings is 1. The van der Waals surface area contributed by atoms with Gasteiger partial charge in [-0.05, 0) is 36.4 Å². The molecule has 0 saturated heterocycles. The molecule has 0 spiro atoms. The maximum atomic E-state index is 14.0. The number of alkyl halides is 3. The standard InChI is InChI=1S/C23H21F5N8/c1-2-15(12(7-29)8-32-18-4-3-14(24)5-17(18)25)19-6-16(20(36-19)21(31)35-11-30)13-9-33-22(34-10-13)23(26,27)28/h3-11,15,36H,2,29H2,1H3,(H3,30,31,35). The van der Waals surface area contributed by atoms with E-state index in [9.17, 15) is 22.0 Å². The maximum absolute atomic E-state index is 14.0. The third-order valence-electron chi connectivity index (χ3n) is 5.16. The van der Waals surface area contributed by atoms with Crippen LogP contribution >= 0.6 is 0 Å². The zero-order valence-electron chi connectivity index (χ0n) is 18.8. The van der Waals surface area contributed by atoms with E-state index < -0.39 is 29.6 Å². The van der Waals surface area contributed by atoms with Crippen molar-refractivity contribution in [3.63, 3.8) is 0 Å². The molecule has 0 fully saturated rings. The van der Waals surface area contributed by atoms with Crippen molar-refractivity contribution in [3.05, 3.63) is 77.3 Å². The number of nitrogens with one attached hydrogen (secondary N) is 2. The van der Waals surface area contributed by atoms with Crippen molar-refractivity contribution in [1.82, 2.24) is 15.0 Å². The zero-order chi connectivity index (χ0) is 26.5. The Bertz CT molecular complexity index is 1320. The highest BCUT2D eigenvalue weighted by Crippen LogP contribution is 2.33. The van der Waals surface area contributed by atoms with Crippen LogP contribution in [0.4, 0.5) is 27.6 Å². The Kier molecular flexibility index (Phi) is 7.92. The highest BCUT2D eigenvalue weighted by molar-refractivity contribution is 6.04. The van der Waals surface area contributed by atoms with Crippen LogP contribution in [0.5, 0.6) is 0 Å². The molecule has 0 radical (unpaired) electrons. The number of allylic oxidation sites excluding steroid dienone is 1. The average molecular weight is 504 g/mol. The Morgan fingerprint density at radius 2 is 1.89 bits per heavy atom. The second-order valence-corrected chi connectivity index (χ2v) is 7.43. The lowest BCUT2D eigenvalue weighted by Crippen LogP contribution is -2.16. The summed E-state index contributed by atoms with van der Waals surface area (Å²) in [6.07, 6.45) is 1.10. The predicted octanol–water partition coefficient (Wildman–Crippen LogP) is 4.82. The molecule has 3 aromatic rings. The first kappa shape index (κ1) is 26.2. The van der Waals surface area contributed by atoms with E-state index >= 15 is 0 Å². The van der Waals surface area contributed by atoms with Crippen molar-refractivity contribution < 1.29 is 22.0 Å². The summed E-state index contributed by atoms with van der Waals surface area (Å²) in [5.74, 6) is -3.42. The molecule has 188 valence electrons. The number of nitrogens with zero attached hydrogens (tertiary/aromatic N) is 4. The number of aliphatic imine (C=N–C) groups is 2. The molecule has 1 aromatic carbocycles. The number of aromatic amines is 1. The molecule has 6 N–H and O–H groups in total.